The molecule has 0 spiro atoms. The second-order valence-electron chi connectivity index (χ2n) is 3.01. The lowest BCUT2D eigenvalue weighted by Gasteiger charge is -2.27. The Morgan fingerprint density at radius 1 is 1.10 bits per heavy atom. The van der Waals surface area contributed by atoms with Gasteiger partial charge in [-0.3, -0.25) is 4.99 Å². The van der Waals surface area contributed by atoms with E-state index in [9.17, 15) is 0 Å². The fraction of sp³-hybridized carbons (Fsp3) is 0.875. The van der Waals surface area contributed by atoms with Crippen molar-refractivity contribution in [1.29, 1.82) is 0 Å². The Morgan fingerprint density at radius 2 is 1.50 bits per heavy atom. The van der Waals surface area contributed by atoms with Gasteiger partial charge < -0.3 is 4.90 Å². The summed E-state index contributed by atoms with van der Waals surface area (Å²) in [4.78, 5) is 6.20. The van der Waals surface area contributed by atoms with Crippen molar-refractivity contribution in [1.82, 2.24) is 4.90 Å². The molecule has 0 aliphatic carbocycles. The highest BCUT2D eigenvalue weighted by Crippen LogP contribution is 2.00. The lowest BCUT2D eigenvalue weighted by atomic mass is 10.2. The molecule has 60 valence electrons. The van der Waals surface area contributed by atoms with Crippen molar-refractivity contribution in [3.05, 3.63) is 0 Å². The monoisotopic (exact) mass is 142 g/mol. The van der Waals surface area contributed by atoms with Crippen molar-refractivity contribution in [2.45, 2.75) is 39.8 Å². The van der Waals surface area contributed by atoms with Gasteiger partial charge in [-0.1, -0.05) is 0 Å². The first-order chi connectivity index (χ1) is 4.59. The molecule has 0 amide bonds. The van der Waals surface area contributed by atoms with E-state index >= 15 is 0 Å². The molecule has 0 saturated heterocycles. The van der Waals surface area contributed by atoms with Gasteiger partial charge in [0.2, 0.25) is 0 Å². The molecule has 0 unspecified atom stereocenters. The number of nitrogens with zero attached hydrogens (tertiary/aromatic N) is 2. The maximum Gasteiger partial charge on any atom is 0.0850 e. The molecule has 0 N–H and O–H groups in total. The minimum absolute atomic E-state index is 0.545. The molecule has 0 aliphatic rings. The molecule has 0 saturated carbocycles. The van der Waals surface area contributed by atoms with Gasteiger partial charge in [0, 0.05) is 19.1 Å². The van der Waals surface area contributed by atoms with E-state index < -0.39 is 0 Å². The average Bonchev–Trinajstić information content (AvgIpc) is 1.81. The Labute approximate surface area is 63.9 Å². The topological polar surface area (TPSA) is 15.6 Å². The van der Waals surface area contributed by atoms with Crippen molar-refractivity contribution in [3.8, 4) is 0 Å². The molecule has 0 aromatic carbocycles. The summed E-state index contributed by atoms with van der Waals surface area (Å²) in [5.41, 5.74) is 0. The van der Waals surface area contributed by atoms with Crippen LogP contribution in [0.4, 0.5) is 0 Å². The Hall–Kier alpha value is -0.530. The zero-order chi connectivity index (χ0) is 8.15. The minimum Gasteiger partial charge on any atom is -0.358 e. The molecule has 0 fully saturated rings. The van der Waals surface area contributed by atoms with E-state index in [1.54, 1.807) is 7.05 Å². The molecule has 0 bridgehead atoms. The maximum atomic E-state index is 3.98. The molecule has 2 nitrogen and oxygen atoms in total. The molecular weight excluding hydrogens is 124 g/mol. The van der Waals surface area contributed by atoms with Crippen molar-refractivity contribution >= 4 is 6.34 Å². The van der Waals surface area contributed by atoms with Gasteiger partial charge in [-0.05, 0) is 27.7 Å². The van der Waals surface area contributed by atoms with Crippen molar-refractivity contribution < 1.29 is 0 Å². The highest BCUT2D eigenvalue weighted by atomic mass is 15.2. The normalized spacial score (nSPS) is 11.9. The van der Waals surface area contributed by atoms with E-state index in [1.807, 2.05) is 6.34 Å². The molecule has 0 atom stereocenters. The highest BCUT2D eigenvalue weighted by Gasteiger charge is 2.07. The number of aliphatic imine (C=N–C) groups is 1. The summed E-state index contributed by atoms with van der Waals surface area (Å²) in [6.07, 6.45) is 1.90. The summed E-state index contributed by atoms with van der Waals surface area (Å²) < 4.78 is 0. The van der Waals surface area contributed by atoms with Crippen LogP contribution in [0, 0.1) is 0 Å². The maximum absolute atomic E-state index is 3.98. The third-order valence-corrected chi connectivity index (χ3v) is 1.44. The van der Waals surface area contributed by atoms with Crippen LogP contribution in [0.5, 0.6) is 0 Å². The fourth-order valence-corrected chi connectivity index (χ4v) is 0.996. The van der Waals surface area contributed by atoms with E-state index in [0.29, 0.717) is 12.1 Å². The number of hydrogen-bond acceptors (Lipinski definition) is 1. The van der Waals surface area contributed by atoms with Gasteiger partial charge in [0.25, 0.3) is 0 Å². The Balaban J connectivity index is 3.98. The summed E-state index contributed by atoms with van der Waals surface area (Å²) in [6.45, 7) is 8.67. The van der Waals surface area contributed by atoms with E-state index in [0.717, 1.165) is 0 Å². The Bertz CT molecular complexity index is 97.8. The second-order valence-corrected chi connectivity index (χ2v) is 3.01. The molecule has 0 rings (SSSR count). The summed E-state index contributed by atoms with van der Waals surface area (Å²) in [7, 11) is 1.80. The first-order valence-electron chi connectivity index (χ1n) is 3.79. The SMILES string of the molecule is C/N=C/N(C(C)C)C(C)C. The van der Waals surface area contributed by atoms with Crippen LogP contribution in [0.3, 0.4) is 0 Å². The van der Waals surface area contributed by atoms with E-state index in [4.69, 9.17) is 0 Å². The van der Waals surface area contributed by atoms with Crippen molar-refractivity contribution in [3.63, 3.8) is 0 Å². The first-order valence-corrected chi connectivity index (χ1v) is 3.79. The third kappa shape index (κ3) is 2.85. The molecule has 10 heavy (non-hydrogen) atoms. The van der Waals surface area contributed by atoms with E-state index in [2.05, 4.69) is 37.6 Å². The van der Waals surface area contributed by atoms with Crippen LogP contribution in [0.1, 0.15) is 27.7 Å². The average molecular weight is 142 g/mol. The summed E-state index contributed by atoms with van der Waals surface area (Å²) in [6, 6.07) is 1.09. The van der Waals surface area contributed by atoms with Gasteiger partial charge in [-0.15, -0.1) is 0 Å². The zero-order valence-corrected chi connectivity index (χ0v) is 7.63. The van der Waals surface area contributed by atoms with Crippen molar-refractivity contribution in [2.24, 2.45) is 4.99 Å². The van der Waals surface area contributed by atoms with Gasteiger partial charge in [0.05, 0.1) is 6.34 Å². The smallest absolute Gasteiger partial charge is 0.0850 e. The summed E-state index contributed by atoms with van der Waals surface area (Å²) >= 11 is 0. The highest BCUT2D eigenvalue weighted by molar-refractivity contribution is 5.55. The molecule has 0 heterocycles. The Kier molecular flexibility index (Phi) is 4.08. The molecule has 0 aromatic heterocycles. The molecule has 0 aliphatic heterocycles. The first kappa shape index (κ1) is 9.47. The van der Waals surface area contributed by atoms with Crippen LogP contribution in [-0.2, 0) is 0 Å². The molecular formula is C8H18N2. The quantitative estimate of drug-likeness (QED) is 0.433. The van der Waals surface area contributed by atoms with Crippen molar-refractivity contribution in [2.75, 3.05) is 7.05 Å². The van der Waals surface area contributed by atoms with Crippen LogP contribution in [0.15, 0.2) is 4.99 Å². The number of rotatable bonds is 3. The predicted molar refractivity (Wildman–Crippen MR) is 46.5 cm³/mol. The lowest BCUT2D eigenvalue weighted by Crippen LogP contribution is -2.35. The second kappa shape index (κ2) is 4.31. The van der Waals surface area contributed by atoms with Crippen LogP contribution in [-0.4, -0.2) is 30.4 Å². The van der Waals surface area contributed by atoms with Gasteiger partial charge in [0.1, 0.15) is 0 Å². The van der Waals surface area contributed by atoms with E-state index in [1.165, 1.54) is 0 Å². The van der Waals surface area contributed by atoms with Gasteiger partial charge >= 0.3 is 0 Å². The zero-order valence-electron chi connectivity index (χ0n) is 7.63. The van der Waals surface area contributed by atoms with E-state index in [-0.39, 0.29) is 0 Å². The number of hydrogen-bond donors (Lipinski definition) is 0. The van der Waals surface area contributed by atoms with Crippen LogP contribution in [0.25, 0.3) is 0 Å². The Morgan fingerprint density at radius 3 is 1.60 bits per heavy atom. The molecule has 0 aromatic rings. The van der Waals surface area contributed by atoms with Crippen LogP contribution < -0.4 is 0 Å². The third-order valence-electron chi connectivity index (χ3n) is 1.44. The van der Waals surface area contributed by atoms with Gasteiger partial charge in [0.15, 0.2) is 0 Å². The summed E-state index contributed by atoms with van der Waals surface area (Å²) in [5.74, 6) is 0. The lowest BCUT2D eigenvalue weighted by molar-refractivity contribution is 0.301. The van der Waals surface area contributed by atoms with Crippen LogP contribution >= 0.6 is 0 Å². The standard InChI is InChI=1S/C8H18N2/c1-7(2)10(6-9-5)8(3)4/h6-8H,1-5H3/b9-6+. The molecule has 2 heteroatoms. The predicted octanol–water partition coefficient (Wildman–Crippen LogP) is 1.76. The largest absolute Gasteiger partial charge is 0.358 e. The van der Waals surface area contributed by atoms with Gasteiger partial charge in [-0.25, -0.2) is 0 Å². The van der Waals surface area contributed by atoms with Crippen LogP contribution in [0.2, 0.25) is 0 Å². The fourth-order valence-electron chi connectivity index (χ4n) is 0.996. The van der Waals surface area contributed by atoms with Gasteiger partial charge in [-0.2, -0.15) is 0 Å². The molecule has 0 radical (unpaired) electrons. The summed E-state index contributed by atoms with van der Waals surface area (Å²) in [5, 5.41) is 0. The minimum atomic E-state index is 0.545.